The van der Waals surface area contributed by atoms with Crippen LogP contribution in [-0.4, -0.2) is 24.6 Å². The second kappa shape index (κ2) is 10.2. The lowest BCUT2D eigenvalue weighted by Gasteiger charge is -2.14. The highest BCUT2D eigenvalue weighted by atomic mass is 16.5. The first-order valence-corrected chi connectivity index (χ1v) is 8.90. The Morgan fingerprint density at radius 2 is 1.69 bits per heavy atom. The van der Waals surface area contributed by atoms with Crippen LogP contribution >= 0.6 is 0 Å². The molecule has 5 heteroatoms. The minimum Gasteiger partial charge on any atom is -0.494 e. The van der Waals surface area contributed by atoms with Gasteiger partial charge in [-0.1, -0.05) is 38.0 Å². The third-order valence-electron chi connectivity index (χ3n) is 3.80. The van der Waals surface area contributed by atoms with Crippen LogP contribution in [0.25, 0.3) is 0 Å². The number of anilines is 1. The standard InChI is InChI=1S/C21H25NO4/c1-3-4-8-15-25-19-13-11-17(12-14-19)21(24)26-16(2)20(23)22-18-9-6-5-7-10-18/h5-7,9-14,16H,3-4,8,15H2,1-2H3,(H,22,23). The topological polar surface area (TPSA) is 64.6 Å². The zero-order valence-electron chi connectivity index (χ0n) is 15.2. The number of rotatable bonds is 9. The van der Waals surface area contributed by atoms with Crippen molar-refractivity contribution < 1.29 is 19.1 Å². The lowest BCUT2D eigenvalue weighted by atomic mass is 10.2. The fraction of sp³-hybridized carbons (Fsp3) is 0.333. The Kier molecular flexibility index (Phi) is 7.68. The molecule has 0 fully saturated rings. The van der Waals surface area contributed by atoms with Gasteiger partial charge in [0.2, 0.25) is 0 Å². The van der Waals surface area contributed by atoms with Crippen molar-refractivity contribution in [3.63, 3.8) is 0 Å². The van der Waals surface area contributed by atoms with Crippen LogP contribution in [0.3, 0.4) is 0 Å². The Morgan fingerprint density at radius 3 is 2.35 bits per heavy atom. The highest BCUT2D eigenvalue weighted by Gasteiger charge is 2.19. The third-order valence-corrected chi connectivity index (χ3v) is 3.80. The van der Waals surface area contributed by atoms with Gasteiger partial charge in [-0.25, -0.2) is 4.79 Å². The molecule has 1 atom stereocenters. The van der Waals surface area contributed by atoms with E-state index in [1.165, 1.54) is 0 Å². The summed E-state index contributed by atoms with van der Waals surface area (Å²) >= 11 is 0. The number of ether oxygens (including phenoxy) is 2. The summed E-state index contributed by atoms with van der Waals surface area (Å²) in [4.78, 5) is 24.3. The summed E-state index contributed by atoms with van der Waals surface area (Å²) in [5.74, 6) is -0.203. The molecule has 26 heavy (non-hydrogen) atoms. The fourth-order valence-corrected chi connectivity index (χ4v) is 2.28. The van der Waals surface area contributed by atoms with E-state index in [0.29, 0.717) is 23.6 Å². The Balaban J connectivity index is 1.83. The molecule has 5 nitrogen and oxygen atoms in total. The zero-order chi connectivity index (χ0) is 18.8. The number of hydrogen-bond acceptors (Lipinski definition) is 4. The summed E-state index contributed by atoms with van der Waals surface area (Å²) < 4.78 is 10.8. The third kappa shape index (κ3) is 6.24. The van der Waals surface area contributed by atoms with E-state index in [-0.39, 0.29) is 5.91 Å². The van der Waals surface area contributed by atoms with Gasteiger partial charge < -0.3 is 14.8 Å². The molecule has 0 aliphatic rings. The fourth-order valence-electron chi connectivity index (χ4n) is 2.28. The molecular formula is C21H25NO4. The van der Waals surface area contributed by atoms with Crippen molar-refractivity contribution in [3.05, 3.63) is 60.2 Å². The first-order valence-electron chi connectivity index (χ1n) is 8.90. The zero-order valence-corrected chi connectivity index (χ0v) is 15.2. The van der Waals surface area contributed by atoms with Crippen LogP contribution in [0.2, 0.25) is 0 Å². The largest absolute Gasteiger partial charge is 0.494 e. The highest BCUT2D eigenvalue weighted by Crippen LogP contribution is 2.15. The molecule has 0 aromatic heterocycles. The molecule has 2 aromatic rings. The summed E-state index contributed by atoms with van der Waals surface area (Å²) in [7, 11) is 0. The average molecular weight is 355 g/mol. The second-order valence-corrected chi connectivity index (χ2v) is 5.98. The van der Waals surface area contributed by atoms with E-state index in [4.69, 9.17) is 9.47 Å². The summed E-state index contributed by atoms with van der Waals surface area (Å²) in [6.07, 6.45) is 2.39. The number of esters is 1. The van der Waals surface area contributed by atoms with Crippen LogP contribution in [0.5, 0.6) is 5.75 Å². The van der Waals surface area contributed by atoms with E-state index in [9.17, 15) is 9.59 Å². The molecule has 0 saturated carbocycles. The Morgan fingerprint density at radius 1 is 1.00 bits per heavy atom. The average Bonchev–Trinajstić information content (AvgIpc) is 2.66. The normalized spacial score (nSPS) is 11.5. The van der Waals surface area contributed by atoms with Crippen molar-refractivity contribution in [3.8, 4) is 5.75 Å². The van der Waals surface area contributed by atoms with Gasteiger partial charge in [0, 0.05) is 5.69 Å². The lowest BCUT2D eigenvalue weighted by Crippen LogP contribution is -2.29. The van der Waals surface area contributed by atoms with Gasteiger partial charge in [-0.3, -0.25) is 4.79 Å². The van der Waals surface area contributed by atoms with Gasteiger partial charge in [-0.15, -0.1) is 0 Å². The molecule has 0 bridgehead atoms. The van der Waals surface area contributed by atoms with Gasteiger partial charge in [0.05, 0.1) is 12.2 Å². The van der Waals surface area contributed by atoms with E-state index >= 15 is 0 Å². The van der Waals surface area contributed by atoms with Gasteiger partial charge in [-0.05, 0) is 49.7 Å². The molecule has 1 N–H and O–H groups in total. The van der Waals surface area contributed by atoms with Crippen molar-refractivity contribution >= 4 is 17.6 Å². The summed E-state index contributed by atoms with van der Waals surface area (Å²) in [6, 6.07) is 15.8. The Hall–Kier alpha value is -2.82. The molecule has 1 amide bonds. The first-order chi connectivity index (χ1) is 12.6. The van der Waals surface area contributed by atoms with Crippen LogP contribution in [-0.2, 0) is 9.53 Å². The molecule has 1 unspecified atom stereocenters. The summed E-state index contributed by atoms with van der Waals surface area (Å²) in [6.45, 7) is 4.34. The van der Waals surface area contributed by atoms with Crippen LogP contribution in [0.4, 0.5) is 5.69 Å². The molecule has 138 valence electrons. The first kappa shape index (κ1) is 19.5. The smallest absolute Gasteiger partial charge is 0.338 e. The minimum atomic E-state index is -0.896. The maximum Gasteiger partial charge on any atom is 0.338 e. The number of amides is 1. The van der Waals surface area contributed by atoms with Crippen molar-refractivity contribution in [2.75, 3.05) is 11.9 Å². The second-order valence-electron chi connectivity index (χ2n) is 5.98. The van der Waals surface area contributed by atoms with Crippen molar-refractivity contribution in [2.24, 2.45) is 0 Å². The molecule has 0 aliphatic carbocycles. The molecular weight excluding hydrogens is 330 g/mol. The maximum atomic E-state index is 12.2. The van der Waals surface area contributed by atoms with Gasteiger partial charge in [0.1, 0.15) is 5.75 Å². The SMILES string of the molecule is CCCCCOc1ccc(C(=O)OC(C)C(=O)Nc2ccccc2)cc1. The molecule has 2 aromatic carbocycles. The van der Waals surface area contributed by atoms with Crippen molar-refractivity contribution in [1.82, 2.24) is 0 Å². The quantitative estimate of drug-likeness (QED) is 0.533. The molecule has 2 rings (SSSR count). The van der Waals surface area contributed by atoms with Crippen molar-refractivity contribution in [2.45, 2.75) is 39.2 Å². The van der Waals surface area contributed by atoms with E-state index in [0.717, 1.165) is 19.3 Å². The number of benzene rings is 2. The van der Waals surface area contributed by atoms with Gasteiger partial charge >= 0.3 is 5.97 Å². The van der Waals surface area contributed by atoms with Gasteiger partial charge in [-0.2, -0.15) is 0 Å². The summed E-state index contributed by atoms with van der Waals surface area (Å²) in [5.41, 5.74) is 1.04. The number of unbranched alkanes of at least 4 members (excludes halogenated alkanes) is 2. The van der Waals surface area contributed by atoms with E-state index in [1.807, 2.05) is 18.2 Å². The van der Waals surface area contributed by atoms with Gasteiger partial charge in [0.25, 0.3) is 5.91 Å². The number of carbonyl (C=O) groups excluding carboxylic acids is 2. The van der Waals surface area contributed by atoms with Gasteiger partial charge in [0.15, 0.2) is 6.10 Å². The molecule has 0 spiro atoms. The molecule has 0 saturated heterocycles. The summed E-state index contributed by atoms with van der Waals surface area (Å²) in [5, 5.41) is 2.70. The van der Waals surface area contributed by atoms with E-state index in [1.54, 1.807) is 43.3 Å². The molecule has 0 aliphatic heterocycles. The lowest BCUT2D eigenvalue weighted by molar-refractivity contribution is -0.123. The van der Waals surface area contributed by atoms with Crippen LogP contribution < -0.4 is 10.1 Å². The maximum absolute atomic E-state index is 12.2. The minimum absolute atomic E-state index is 0.375. The predicted molar refractivity (Wildman–Crippen MR) is 101 cm³/mol. The van der Waals surface area contributed by atoms with Crippen molar-refractivity contribution in [1.29, 1.82) is 0 Å². The van der Waals surface area contributed by atoms with E-state index < -0.39 is 12.1 Å². The number of hydrogen-bond donors (Lipinski definition) is 1. The van der Waals surface area contributed by atoms with Crippen LogP contribution in [0, 0.1) is 0 Å². The highest BCUT2D eigenvalue weighted by molar-refractivity contribution is 5.97. The Bertz CT molecular complexity index is 698. The molecule has 0 radical (unpaired) electrons. The monoisotopic (exact) mass is 355 g/mol. The number of nitrogens with one attached hydrogen (secondary N) is 1. The van der Waals surface area contributed by atoms with Crippen LogP contribution in [0.1, 0.15) is 43.5 Å². The molecule has 0 heterocycles. The Labute approximate surface area is 154 Å². The van der Waals surface area contributed by atoms with Crippen LogP contribution in [0.15, 0.2) is 54.6 Å². The number of carbonyl (C=O) groups is 2. The van der Waals surface area contributed by atoms with E-state index in [2.05, 4.69) is 12.2 Å². The number of para-hydroxylation sites is 1. The predicted octanol–water partition coefficient (Wildman–Crippen LogP) is 4.44.